The quantitative estimate of drug-likeness (QED) is 0.584. The average Bonchev–Trinajstić information content (AvgIpc) is 2.33. The molecule has 1 unspecified atom stereocenters. The Bertz CT molecular complexity index is 421. The molecule has 2 rings (SSSR count). The van der Waals surface area contributed by atoms with Crippen molar-refractivity contribution in [2.24, 2.45) is 0 Å². The summed E-state index contributed by atoms with van der Waals surface area (Å²) in [4.78, 5) is 27.2. The largest absolute Gasteiger partial charge is 0.377 e. The predicted octanol–water partition coefficient (Wildman–Crippen LogP) is 1.25. The number of piperidine rings is 1. The van der Waals surface area contributed by atoms with Crippen molar-refractivity contribution in [1.82, 2.24) is 5.06 Å². The average molecular weight is 236 g/mol. The van der Waals surface area contributed by atoms with E-state index in [1.165, 1.54) is 0 Å². The molecule has 0 bridgehead atoms. The van der Waals surface area contributed by atoms with Gasteiger partial charge in [-0.3, -0.25) is 14.9 Å². The zero-order valence-electron chi connectivity index (χ0n) is 9.11. The lowest BCUT2D eigenvalue weighted by Gasteiger charge is -2.27. The van der Waals surface area contributed by atoms with Gasteiger partial charge in [-0.15, -0.1) is 0 Å². The molecule has 0 aliphatic carbocycles. The minimum Gasteiger partial charge on any atom is -0.377 e. The monoisotopic (exact) mass is 236 g/mol. The summed E-state index contributed by atoms with van der Waals surface area (Å²) in [5, 5.41) is 11.7. The number of benzene rings is 1. The molecule has 1 aliphatic heterocycles. The zero-order valence-corrected chi connectivity index (χ0v) is 9.11. The lowest BCUT2D eigenvalue weighted by Crippen LogP contribution is -2.49. The summed E-state index contributed by atoms with van der Waals surface area (Å²) in [5.74, 6) is -0.0741. The minimum absolute atomic E-state index is 0.278. The van der Waals surface area contributed by atoms with E-state index in [0.717, 1.165) is 5.06 Å². The third-order valence-corrected chi connectivity index (χ3v) is 2.58. The molecule has 1 aromatic rings. The van der Waals surface area contributed by atoms with E-state index in [1.54, 1.807) is 24.3 Å². The van der Waals surface area contributed by atoms with Crippen LogP contribution in [-0.2, 0) is 4.79 Å². The Balaban J connectivity index is 2.06. The van der Waals surface area contributed by atoms with Crippen LogP contribution in [0.15, 0.2) is 30.3 Å². The molecule has 0 saturated carbocycles. The summed E-state index contributed by atoms with van der Waals surface area (Å²) < 4.78 is 0. The van der Waals surface area contributed by atoms with Crippen LogP contribution in [0.25, 0.3) is 0 Å². The molecule has 6 nitrogen and oxygen atoms in total. The smallest absolute Gasteiger partial charge is 0.329 e. The Kier molecular flexibility index (Phi) is 3.22. The molecule has 1 saturated heterocycles. The number of para-hydroxylation sites is 1. The summed E-state index contributed by atoms with van der Waals surface area (Å²) in [5.41, 5.74) is 0. The Morgan fingerprint density at radius 2 is 2.06 bits per heavy atom. The van der Waals surface area contributed by atoms with Gasteiger partial charge in [0.15, 0.2) is 5.75 Å². The van der Waals surface area contributed by atoms with Crippen molar-refractivity contribution in [2.45, 2.75) is 18.9 Å². The Morgan fingerprint density at radius 1 is 1.35 bits per heavy atom. The fraction of sp³-hybridized carbons (Fsp3) is 0.364. The molecule has 90 valence electrons. The maximum atomic E-state index is 11.7. The first-order chi connectivity index (χ1) is 8.18. The van der Waals surface area contributed by atoms with Crippen molar-refractivity contribution in [1.29, 1.82) is 0 Å². The summed E-state index contributed by atoms with van der Waals surface area (Å²) in [7, 11) is 0. The number of nitrogens with zero attached hydrogens (tertiary/aromatic N) is 2. The minimum atomic E-state index is -1.17. The molecule has 1 amide bonds. The first kappa shape index (κ1) is 11.4. The highest BCUT2D eigenvalue weighted by atomic mass is 16.7. The van der Waals surface area contributed by atoms with Crippen LogP contribution in [0.5, 0.6) is 5.75 Å². The van der Waals surface area contributed by atoms with Crippen LogP contribution in [0.2, 0.25) is 0 Å². The normalized spacial score (nSPS) is 20.1. The first-order valence-corrected chi connectivity index (χ1v) is 5.36. The second-order valence-electron chi connectivity index (χ2n) is 3.79. The number of carbonyl (C=O) groups excluding carboxylic acids is 1. The molecule has 1 aliphatic rings. The van der Waals surface area contributed by atoms with Crippen LogP contribution < -0.4 is 4.84 Å². The molecule has 0 radical (unpaired) electrons. The van der Waals surface area contributed by atoms with Crippen LogP contribution in [-0.4, -0.2) is 28.5 Å². The molecule has 1 heterocycles. The number of carbonyl (C=O) groups is 1. The van der Waals surface area contributed by atoms with E-state index >= 15 is 0 Å². The number of amides is 1. The summed E-state index contributed by atoms with van der Waals surface area (Å²) in [6, 6.07) is 7.59. The van der Waals surface area contributed by atoms with Crippen LogP contribution in [0.4, 0.5) is 0 Å². The topological polar surface area (TPSA) is 72.7 Å². The van der Waals surface area contributed by atoms with Gasteiger partial charge in [-0.2, -0.15) is 5.06 Å². The van der Waals surface area contributed by atoms with Crippen molar-refractivity contribution in [3.05, 3.63) is 40.4 Å². The molecule has 1 atom stereocenters. The highest BCUT2D eigenvalue weighted by molar-refractivity contribution is 5.80. The Labute approximate surface area is 97.9 Å². The number of hydroxylamine groups is 2. The van der Waals surface area contributed by atoms with Crippen molar-refractivity contribution >= 4 is 5.91 Å². The zero-order chi connectivity index (χ0) is 12.3. The molecule has 1 fully saturated rings. The molecular formula is C11H12N2O4. The van der Waals surface area contributed by atoms with Gasteiger partial charge in [-0.25, -0.2) is 0 Å². The second-order valence-corrected chi connectivity index (χ2v) is 3.79. The maximum absolute atomic E-state index is 11.7. The van der Waals surface area contributed by atoms with E-state index in [4.69, 9.17) is 4.84 Å². The molecule has 6 heteroatoms. The van der Waals surface area contributed by atoms with E-state index in [2.05, 4.69) is 0 Å². The maximum Gasteiger partial charge on any atom is 0.329 e. The fourth-order valence-corrected chi connectivity index (χ4v) is 1.72. The van der Waals surface area contributed by atoms with E-state index in [-0.39, 0.29) is 6.42 Å². The van der Waals surface area contributed by atoms with Crippen LogP contribution in [0, 0.1) is 10.1 Å². The number of hydrogen-bond donors (Lipinski definition) is 0. The van der Waals surface area contributed by atoms with Gasteiger partial charge in [0.1, 0.15) is 0 Å². The van der Waals surface area contributed by atoms with Gasteiger partial charge >= 0.3 is 5.91 Å². The van der Waals surface area contributed by atoms with E-state index in [0.29, 0.717) is 18.7 Å². The highest BCUT2D eigenvalue weighted by Gasteiger charge is 2.38. The van der Waals surface area contributed by atoms with Gasteiger partial charge in [-0.05, 0) is 18.6 Å². The fourth-order valence-electron chi connectivity index (χ4n) is 1.72. The molecule has 0 spiro atoms. The van der Waals surface area contributed by atoms with Crippen molar-refractivity contribution in [3.63, 3.8) is 0 Å². The molecule has 1 aromatic carbocycles. The Morgan fingerprint density at radius 3 is 2.71 bits per heavy atom. The summed E-state index contributed by atoms with van der Waals surface area (Å²) in [6.07, 6.45) is 0.852. The van der Waals surface area contributed by atoms with Gasteiger partial charge in [-0.1, -0.05) is 18.2 Å². The van der Waals surface area contributed by atoms with Crippen LogP contribution in [0.3, 0.4) is 0 Å². The molecule has 17 heavy (non-hydrogen) atoms. The number of nitro groups is 1. The third kappa shape index (κ3) is 2.52. The van der Waals surface area contributed by atoms with Crippen LogP contribution >= 0.6 is 0 Å². The third-order valence-electron chi connectivity index (χ3n) is 2.58. The second kappa shape index (κ2) is 4.82. The standard InChI is InChI=1S/C11H12N2O4/c14-11-10(13(15)16)7-4-8-12(11)17-9-5-2-1-3-6-9/h1-3,5-6,10H,4,7-8H2. The molecule has 0 aromatic heterocycles. The van der Waals surface area contributed by atoms with Crippen LogP contribution in [0.1, 0.15) is 12.8 Å². The summed E-state index contributed by atoms with van der Waals surface area (Å²) in [6.45, 7) is 0.387. The van der Waals surface area contributed by atoms with Gasteiger partial charge in [0.25, 0.3) is 6.04 Å². The van der Waals surface area contributed by atoms with Crippen molar-refractivity contribution in [3.8, 4) is 5.75 Å². The lowest BCUT2D eigenvalue weighted by molar-refractivity contribution is -0.513. The van der Waals surface area contributed by atoms with Gasteiger partial charge in [0, 0.05) is 11.3 Å². The highest BCUT2D eigenvalue weighted by Crippen LogP contribution is 2.17. The SMILES string of the molecule is O=C1C([N+](=O)[O-])CCCN1Oc1ccccc1. The number of hydrogen-bond acceptors (Lipinski definition) is 4. The predicted molar refractivity (Wildman–Crippen MR) is 58.8 cm³/mol. The van der Waals surface area contributed by atoms with E-state index in [1.807, 2.05) is 6.07 Å². The number of rotatable bonds is 3. The molecule has 0 N–H and O–H groups in total. The lowest BCUT2D eigenvalue weighted by atomic mass is 10.1. The van der Waals surface area contributed by atoms with Gasteiger partial charge < -0.3 is 4.84 Å². The first-order valence-electron chi connectivity index (χ1n) is 5.36. The van der Waals surface area contributed by atoms with Crippen molar-refractivity contribution in [2.75, 3.05) is 6.54 Å². The Hall–Kier alpha value is -2.11. The van der Waals surface area contributed by atoms with Gasteiger partial charge in [0.05, 0.1) is 6.54 Å². The van der Waals surface area contributed by atoms with E-state index in [9.17, 15) is 14.9 Å². The summed E-state index contributed by atoms with van der Waals surface area (Å²) >= 11 is 0. The van der Waals surface area contributed by atoms with Gasteiger partial charge in [0.2, 0.25) is 0 Å². The molecular weight excluding hydrogens is 224 g/mol. The van der Waals surface area contributed by atoms with E-state index < -0.39 is 16.9 Å². The van der Waals surface area contributed by atoms with Crippen molar-refractivity contribution < 1.29 is 14.6 Å².